The zero-order chi connectivity index (χ0) is 19.2. The molecule has 1 aliphatic rings. The number of methoxy groups -OCH3 is 1. The molecule has 1 fully saturated rings. The van der Waals surface area contributed by atoms with Crippen LogP contribution in [0.5, 0.6) is 11.5 Å². The van der Waals surface area contributed by atoms with E-state index in [4.69, 9.17) is 9.47 Å². The van der Waals surface area contributed by atoms with Gasteiger partial charge in [0.05, 0.1) is 19.6 Å². The molecule has 0 aromatic heterocycles. The van der Waals surface area contributed by atoms with Crippen LogP contribution in [-0.2, 0) is 16.1 Å². The maximum Gasteiger partial charge on any atom is 0.229 e. The fourth-order valence-corrected chi connectivity index (χ4v) is 3.10. The Morgan fingerprint density at radius 3 is 2.41 bits per heavy atom. The number of hydrogen-bond donors (Lipinski definition) is 1. The smallest absolute Gasteiger partial charge is 0.229 e. The Kier molecular flexibility index (Phi) is 5.96. The van der Waals surface area contributed by atoms with Gasteiger partial charge < -0.3 is 19.7 Å². The molecule has 2 amide bonds. The molecular weight excluding hydrogens is 344 g/mol. The monoisotopic (exact) mass is 368 g/mol. The molecule has 6 heteroatoms. The van der Waals surface area contributed by atoms with E-state index in [0.29, 0.717) is 25.4 Å². The van der Waals surface area contributed by atoms with Crippen molar-refractivity contribution in [3.05, 3.63) is 54.1 Å². The lowest BCUT2D eigenvalue weighted by molar-refractivity contribution is -0.128. The second-order valence-corrected chi connectivity index (χ2v) is 6.47. The van der Waals surface area contributed by atoms with Crippen LogP contribution in [0.2, 0.25) is 0 Å². The summed E-state index contributed by atoms with van der Waals surface area (Å²) < 4.78 is 10.5. The SMILES string of the molecule is CCOc1ccc(NC(=O)C2CC(=O)N(Cc3ccc(OC)cc3)C2)cc1. The number of carbonyl (C=O) groups is 2. The highest BCUT2D eigenvalue weighted by Gasteiger charge is 2.34. The standard InChI is InChI=1S/C21H24N2O4/c1-3-27-19-10-6-17(7-11-19)22-21(25)16-12-20(24)23(14-16)13-15-4-8-18(26-2)9-5-15/h4-11,16H,3,12-14H2,1-2H3,(H,22,25). The summed E-state index contributed by atoms with van der Waals surface area (Å²) in [5, 5.41) is 2.88. The molecule has 0 saturated carbocycles. The number of benzene rings is 2. The minimum atomic E-state index is -0.345. The molecule has 1 N–H and O–H groups in total. The fraction of sp³-hybridized carbons (Fsp3) is 0.333. The topological polar surface area (TPSA) is 67.9 Å². The van der Waals surface area contributed by atoms with Gasteiger partial charge in [-0.3, -0.25) is 9.59 Å². The van der Waals surface area contributed by atoms with Crippen LogP contribution in [0, 0.1) is 5.92 Å². The van der Waals surface area contributed by atoms with Gasteiger partial charge in [0.1, 0.15) is 11.5 Å². The van der Waals surface area contributed by atoms with Crippen molar-refractivity contribution >= 4 is 17.5 Å². The van der Waals surface area contributed by atoms with E-state index in [-0.39, 0.29) is 24.2 Å². The van der Waals surface area contributed by atoms with E-state index in [1.54, 1.807) is 24.1 Å². The third kappa shape index (κ3) is 4.78. The molecule has 1 atom stereocenters. The Morgan fingerprint density at radius 1 is 1.11 bits per heavy atom. The second kappa shape index (κ2) is 8.58. The highest BCUT2D eigenvalue weighted by Crippen LogP contribution is 2.23. The quantitative estimate of drug-likeness (QED) is 0.816. The highest BCUT2D eigenvalue weighted by molar-refractivity contribution is 5.97. The molecule has 6 nitrogen and oxygen atoms in total. The minimum absolute atomic E-state index is 0.00217. The number of amides is 2. The van der Waals surface area contributed by atoms with Gasteiger partial charge in [-0.2, -0.15) is 0 Å². The summed E-state index contributed by atoms with van der Waals surface area (Å²) in [6.07, 6.45) is 0.235. The fourth-order valence-electron chi connectivity index (χ4n) is 3.10. The van der Waals surface area contributed by atoms with Crippen molar-refractivity contribution in [2.24, 2.45) is 5.92 Å². The van der Waals surface area contributed by atoms with Crippen molar-refractivity contribution in [1.29, 1.82) is 0 Å². The van der Waals surface area contributed by atoms with Crippen LogP contribution >= 0.6 is 0 Å². The van der Waals surface area contributed by atoms with Crippen molar-refractivity contribution in [2.45, 2.75) is 19.9 Å². The average molecular weight is 368 g/mol. The predicted octanol–water partition coefficient (Wildman–Crippen LogP) is 3.08. The maximum atomic E-state index is 12.5. The molecular formula is C21H24N2O4. The molecule has 0 aliphatic carbocycles. The lowest BCUT2D eigenvalue weighted by atomic mass is 10.1. The van der Waals surface area contributed by atoms with Gasteiger partial charge in [-0.15, -0.1) is 0 Å². The lowest BCUT2D eigenvalue weighted by Crippen LogP contribution is -2.28. The molecule has 1 heterocycles. The van der Waals surface area contributed by atoms with Gasteiger partial charge in [0, 0.05) is 25.2 Å². The van der Waals surface area contributed by atoms with E-state index in [9.17, 15) is 9.59 Å². The largest absolute Gasteiger partial charge is 0.497 e. The maximum absolute atomic E-state index is 12.5. The Balaban J connectivity index is 1.56. The van der Waals surface area contributed by atoms with Crippen LogP contribution in [0.4, 0.5) is 5.69 Å². The number of nitrogens with one attached hydrogen (secondary N) is 1. The Hall–Kier alpha value is -3.02. The zero-order valence-electron chi connectivity index (χ0n) is 15.6. The molecule has 1 unspecified atom stereocenters. The van der Waals surface area contributed by atoms with Crippen molar-refractivity contribution in [3.63, 3.8) is 0 Å². The summed E-state index contributed by atoms with van der Waals surface area (Å²) in [5.74, 6) is 1.06. The summed E-state index contributed by atoms with van der Waals surface area (Å²) in [4.78, 5) is 26.5. The van der Waals surface area contributed by atoms with Gasteiger partial charge in [-0.05, 0) is 48.9 Å². The van der Waals surface area contributed by atoms with Crippen LogP contribution in [0.25, 0.3) is 0 Å². The van der Waals surface area contributed by atoms with Crippen molar-refractivity contribution < 1.29 is 19.1 Å². The van der Waals surface area contributed by atoms with Gasteiger partial charge >= 0.3 is 0 Å². The first-order valence-electron chi connectivity index (χ1n) is 9.03. The van der Waals surface area contributed by atoms with E-state index in [1.807, 2.05) is 43.3 Å². The molecule has 1 saturated heterocycles. The molecule has 2 aromatic rings. The molecule has 2 aromatic carbocycles. The highest BCUT2D eigenvalue weighted by atomic mass is 16.5. The van der Waals surface area contributed by atoms with Gasteiger partial charge in [-0.25, -0.2) is 0 Å². The lowest BCUT2D eigenvalue weighted by Gasteiger charge is -2.17. The van der Waals surface area contributed by atoms with Crippen LogP contribution < -0.4 is 14.8 Å². The van der Waals surface area contributed by atoms with Gasteiger partial charge in [-0.1, -0.05) is 12.1 Å². The number of rotatable bonds is 7. The summed E-state index contributed by atoms with van der Waals surface area (Å²) >= 11 is 0. The van der Waals surface area contributed by atoms with Gasteiger partial charge in [0.2, 0.25) is 11.8 Å². The Bertz CT molecular complexity index is 787. The Labute approximate surface area is 159 Å². The number of nitrogens with zero attached hydrogens (tertiary/aromatic N) is 1. The van der Waals surface area contributed by atoms with Crippen molar-refractivity contribution in [2.75, 3.05) is 25.6 Å². The van der Waals surface area contributed by atoms with Crippen LogP contribution in [0.15, 0.2) is 48.5 Å². The van der Waals surface area contributed by atoms with E-state index in [2.05, 4.69) is 5.32 Å². The summed E-state index contributed by atoms with van der Waals surface area (Å²) in [5.41, 5.74) is 1.71. The first-order chi connectivity index (χ1) is 13.1. The molecule has 3 rings (SSSR count). The third-order valence-corrected chi connectivity index (χ3v) is 4.55. The second-order valence-electron chi connectivity index (χ2n) is 6.47. The first-order valence-corrected chi connectivity index (χ1v) is 9.03. The number of ether oxygens (including phenoxy) is 2. The normalized spacial score (nSPS) is 16.3. The summed E-state index contributed by atoms with van der Waals surface area (Å²) in [7, 11) is 1.62. The van der Waals surface area contributed by atoms with E-state index >= 15 is 0 Å². The molecule has 1 aliphatic heterocycles. The number of hydrogen-bond acceptors (Lipinski definition) is 4. The Morgan fingerprint density at radius 2 is 1.78 bits per heavy atom. The third-order valence-electron chi connectivity index (χ3n) is 4.55. The van der Waals surface area contributed by atoms with E-state index < -0.39 is 0 Å². The van der Waals surface area contributed by atoms with Gasteiger partial charge in [0.25, 0.3) is 0 Å². The van der Waals surface area contributed by atoms with Crippen LogP contribution in [-0.4, -0.2) is 37.0 Å². The average Bonchev–Trinajstić information content (AvgIpc) is 3.05. The zero-order valence-corrected chi connectivity index (χ0v) is 15.6. The van der Waals surface area contributed by atoms with E-state index in [0.717, 1.165) is 17.1 Å². The molecule has 0 bridgehead atoms. The van der Waals surface area contributed by atoms with Crippen LogP contribution in [0.3, 0.4) is 0 Å². The minimum Gasteiger partial charge on any atom is -0.497 e. The van der Waals surface area contributed by atoms with Crippen LogP contribution in [0.1, 0.15) is 18.9 Å². The van der Waals surface area contributed by atoms with E-state index in [1.165, 1.54) is 0 Å². The number of likely N-dealkylation sites (tertiary alicyclic amines) is 1. The molecule has 27 heavy (non-hydrogen) atoms. The molecule has 0 radical (unpaired) electrons. The predicted molar refractivity (Wildman–Crippen MR) is 103 cm³/mol. The first kappa shape index (κ1) is 18.8. The number of carbonyl (C=O) groups excluding carboxylic acids is 2. The number of anilines is 1. The van der Waals surface area contributed by atoms with Gasteiger partial charge in [0.15, 0.2) is 0 Å². The van der Waals surface area contributed by atoms with Crippen molar-refractivity contribution in [3.8, 4) is 11.5 Å². The summed E-state index contributed by atoms with van der Waals surface area (Å²) in [6, 6.07) is 14.8. The van der Waals surface area contributed by atoms with Crippen molar-refractivity contribution in [1.82, 2.24) is 4.90 Å². The summed E-state index contributed by atoms with van der Waals surface area (Å²) in [6.45, 7) is 3.44. The molecule has 142 valence electrons. The molecule has 0 spiro atoms.